The van der Waals surface area contributed by atoms with Crippen molar-refractivity contribution < 1.29 is 17.9 Å². The number of para-hydroxylation sites is 1. The van der Waals surface area contributed by atoms with E-state index in [4.69, 9.17) is 23.2 Å². The highest BCUT2D eigenvalue weighted by molar-refractivity contribution is 6.39. The van der Waals surface area contributed by atoms with Crippen molar-refractivity contribution in [3.05, 3.63) is 58.6 Å². The molecule has 33 heavy (non-hydrogen) atoms. The fourth-order valence-corrected chi connectivity index (χ4v) is 3.42. The Balaban J connectivity index is 1.94. The second-order valence-corrected chi connectivity index (χ2v) is 8.16. The van der Waals surface area contributed by atoms with Crippen LogP contribution in [0.2, 0.25) is 10.0 Å². The van der Waals surface area contributed by atoms with Crippen molar-refractivity contribution in [1.29, 1.82) is 0 Å². The van der Waals surface area contributed by atoms with Gasteiger partial charge in [0, 0.05) is 18.2 Å². The van der Waals surface area contributed by atoms with Gasteiger partial charge in [0.25, 0.3) is 0 Å². The number of nitrogens with zero attached hydrogens (tertiary/aromatic N) is 3. The number of alkyl halides is 3. The van der Waals surface area contributed by atoms with Gasteiger partial charge in [0.2, 0.25) is 5.95 Å². The van der Waals surface area contributed by atoms with E-state index in [1.54, 1.807) is 30.3 Å². The molecule has 0 fully saturated rings. The SMILES string of the molecule is CN(C)CCCNc1nc(Nc2c(Cl)cccc2Cl)cc(-c2cccc(OC(F)(F)F)c2)n1. The minimum atomic E-state index is -4.79. The van der Waals surface area contributed by atoms with Crippen molar-refractivity contribution in [3.63, 3.8) is 0 Å². The summed E-state index contributed by atoms with van der Waals surface area (Å²) in [5.74, 6) is 0.328. The van der Waals surface area contributed by atoms with Crippen molar-refractivity contribution in [3.8, 4) is 17.0 Å². The number of ether oxygens (including phenoxy) is 1. The van der Waals surface area contributed by atoms with Gasteiger partial charge in [0.05, 0.1) is 21.4 Å². The minimum absolute atomic E-state index is 0.305. The van der Waals surface area contributed by atoms with Crippen LogP contribution in [0.5, 0.6) is 5.75 Å². The van der Waals surface area contributed by atoms with Gasteiger partial charge in [-0.3, -0.25) is 0 Å². The number of benzene rings is 2. The molecule has 3 rings (SSSR count). The molecule has 11 heteroatoms. The molecular formula is C22H22Cl2F3N5O. The van der Waals surface area contributed by atoms with E-state index in [0.29, 0.717) is 45.3 Å². The number of nitrogens with one attached hydrogen (secondary N) is 2. The zero-order valence-corrected chi connectivity index (χ0v) is 19.4. The molecule has 0 atom stereocenters. The van der Waals surface area contributed by atoms with Gasteiger partial charge in [-0.25, -0.2) is 4.98 Å². The van der Waals surface area contributed by atoms with E-state index in [2.05, 4.69) is 30.2 Å². The molecule has 0 aliphatic rings. The molecule has 0 spiro atoms. The highest BCUT2D eigenvalue weighted by Gasteiger charge is 2.31. The van der Waals surface area contributed by atoms with E-state index in [-0.39, 0.29) is 5.75 Å². The zero-order chi connectivity index (χ0) is 24.0. The molecule has 0 amide bonds. The first-order valence-corrected chi connectivity index (χ1v) is 10.7. The summed E-state index contributed by atoms with van der Waals surface area (Å²) in [5.41, 5.74) is 1.26. The molecule has 2 aromatic carbocycles. The first-order chi connectivity index (χ1) is 15.6. The van der Waals surface area contributed by atoms with Gasteiger partial charge in [-0.2, -0.15) is 4.98 Å². The van der Waals surface area contributed by atoms with Gasteiger partial charge in [-0.15, -0.1) is 13.2 Å². The molecule has 6 nitrogen and oxygen atoms in total. The van der Waals surface area contributed by atoms with Gasteiger partial charge in [-0.05, 0) is 51.3 Å². The number of aromatic nitrogens is 2. The summed E-state index contributed by atoms with van der Waals surface area (Å²) in [5, 5.41) is 7.02. The molecule has 0 saturated carbocycles. The van der Waals surface area contributed by atoms with Crippen molar-refractivity contribution >= 4 is 40.7 Å². The van der Waals surface area contributed by atoms with Crippen molar-refractivity contribution in [1.82, 2.24) is 14.9 Å². The van der Waals surface area contributed by atoms with Crippen LogP contribution in [-0.2, 0) is 0 Å². The van der Waals surface area contributed by atoms with E-state index >= 15 is 0 Å². The zero-order valence-electron chi connectivity index (χ0n) is 17.9. The number of hydrogen-bond donors (Lipinski definition) is 2. The molecule has 176 valence electrons. The van der Waals surface area contributed by atoms with Crippen LogP contribution in [0.3, 0.4) is 0 Å². The summed E-state index contributed by atoms with van der Waals surface area (Å²) in [6.07, 6.45) is -3.95. The van der Waals surface area contributed by atoms with Gasteiger partial charge in [0.1, 0.15) is 11.6 Å². The normalized spacial score (nSPS) is 11.5. The molecule has 0 saturated heterocycles. The summed E-state index contributed by atoms with van der Waals surface area (Å²) in [6, 6.07) is 12.2. The number of rotatable bonds is 9. The molecule has 2 N–H and O–H groups in total. The number of hydrogen-bond acceptors (Lipinski definition) is 6. The van der Waals surface area contributed by atoms with Gasteiger partial charge < -0.3 is 20.3 Å². The highest BCUT2D eigenvalue weighted by Crippen LogP contribution is 2.34. The molecule has 1 heterocycles. The molecule has 0 unspecified atom stereocenters. The Hall–Kier alpha value is -2.75. The maximum Gasteiger partial charge on any atom is 0.573 e. The molecule has 0 bridgehead atoms. The highest BCUT2D eigenvalue weighted by atomic mass is 35.5. The van der Waals surface area contributed by atoms with Crippen LogP contribution >= 0.6 is 23.2 Å². The summed E-state index contributed by atoms with van der Waals surface area (Å²) in [7, 11) is 3.95. The summed E-state index contributed by atoms with van der Waals surface area (Å²) in [6.45, 7) is 1.47. The van der Waals surface area contributed by atoms with E-state index in [0.717, 1.165) is 13.0 Å². The molecule has 0 aliphatic carbocycles. The average Bonchev–Trinajstić information content (AvgIpc) is 2.73. The average molecular weight is 500 g/mol. The van der Waals surface area contributed by atoms with Crippen molar-refractivity contribution in [2.75, 3.05) is 37.8 Å². The third-order valence-corrected chi connectivity index (χ3v) is 5.00. The van der Waals surface area contributed by atoms with Crippen molar-refractivity contribution in [2.45, 2.75) is 12.8 Å². The first-order valence-electron chi connectivity index (χ1n) is 9.95. The largest absolute Gasteiger partial charge is 0.573 e. The van der Waals surface area contributed by atoms with Crippen LogP contribution in [0.25, 0.3) is 11.3 Å². The lowest BCUT2D eigenvalue weighted by Gasteiger charge is -2.14. The van der Waals surface area contributed by atoms with Crippen LogP contribution in [-0.4, -0.2) is 48.4 Å². The van der Waals surface area contributed by atoms with Crippen LogP contribution in [0.15, 0.2) is 48.5 Å². The topological polar surface area (TPSA) is 62.3 Å². The monoisotopic (exact) mass is 499 g/mol. The maximum absolute atomic E-state index is 12.7. The Morgan fingerprint density at radius 1 is 1.00 bits per heavy atom. The lowest BCUT2D eigenvalue weighted by atomic mass is 10.1. The number of halogens is 5. The lowest BCUT2D eigenvalue weighted by Crippen LogP contribution is -2.17. The van der Waals surface area contributed by atoms with E-state index in [1.807, 2.05) is 14.1 Å². The number of anilines is 3. The standard InChI is InChI=1S/C22H22Cl2F3N5O/c1-32(2)11-5-10-28-21-29-18(14-6-3-7-15(12-14)33-22(25,26)27)13-19(31-21)30-20-16(23)8-4-9-17(20)24/h3-4,6-9,12-13H,5,10-11H2,1-2H3,(H2,28,29,30,31). The first kappa shape index (κ1) is 24.9. The minimum Gasteiger partial charge on any atom is -0.406 e. The quantitative estimate of drug-likeness (QED) is 0.329. The van der Waals surface area contributed by atoms with Crippen LogP contribution in [0.4, 0.5) is 30.6 Å². The summed E-state index contributed by atoms with van der Waals surface area (Å²) < 4.78 is 42.0. The Kier molecular flexibility index (Phi) is 8.23. The van der Waals surface area contributed by atoms with Gasteiger partial charge >= 0.3 is 6.36 Å². The third kappa shape index (κ3) is 7.66. The van der Waals surface area contributed by atoms with E-state index in [9.17, 15) is 13.2 Å². The van der Waals surface area contributed by atoms with Crippen molar-refractivity contribution in [2.24, 2.45) is 0 Å². The van der Waals surface area contributed by atoms with Gasteiger partial charge in [0.15, 0.2) is 0 Å². The van der Waals surface area contributed by atoms with Gasteiger partial charge in [-0.1, -0.05) is 41.4 Å². The summed E-state index contributed by atoms with van der Waals surface area (Å²) in [4.78, 5) is 11.0. The Bertz CT molecular complexity index is 1080. The second kappa shape index (κ2) is 10.9. The maximum atomic E-state index is 12.7. The molecule has 0 radical (unpaired) electrons. The van der Waals surface area contributed by atoms with E-state index < -0.39 is 6.36 Å². The Morgan fingerprint density at radius 2 is 1.70 bits per heavy atom. The third-order valence-electron chi connectivity index (χ3n) is 4.37. The predicted octanol–water partition coefficient (Wildman–Crippen LogP) is 6.46. The Labute approximate surface area is 199 Å². The predicted molar refractivity (Wildman–Crippen MR) is 126 cm³/mol. The molecule has 1 aromatic heterocycles. The molecular weight excluding hydrogens is 478 g/mol. The fraction of sp³-hybridized carbons (Fsp3) is 0.273. The lowest BCUT2D eigenvalue weighted by molar-refractivity contribution is -0.274. The van der Waals surface area contributed by atoms with E-state index in [1.165, 1.54) is 18.2 Å². The smallest absolute Gasteiger partial charge is 0.406 e. The van der Waals surface area contributed by atoms with Crippen LogP contribution < -0.4 is 15.4 Å². The molecule has 3 aromatic rings. The molecule has 0 aliphatic heterocycles. The second-order valence-electron chi connectivity index (χ2n) is 7.34. The van der Waals surface area contributed by atoms with Crippen LogP contribution in [0, 0.1) is 0 Å². The Morgan fingerprint density at radius 3 is 2.36 bits per heavy atom. The van der Waals surface area contributed by atoms with Crippen LogP contribution in [0.1, 0.15) is 6.42 Å². The summed E-state index contributed by atoms with van der Waals surface area (Å²) >= 11 is 12.5. The fourth-order valence-electron chi connectivity index (χ4n) is 2.93.